The van der Waals surface area contributed by atoms with Gasteiger partial charge in [-0.1, -0.05) is 6.07 Å². The molecule has 25 heavy (non-hydrogen) atoms. The average Bonchev–Trinajstić information content (AvgIpc) is 2.95. The van der Waals surface area contributed by atoms with Gasteiger partial charge in [-0.25, -0.2) is 0 Å². The summed E-state index contributed by atoms with van der Waals surface area (Å²) in [6.07, 6.45) is 4.78. The highest BCUT2D eigenvalue weighted by atomic mass is 35.5. The van der Waals surface area contributed by atoms with Crippen molar-refractivity contribution in [2.75, 3.05) is 26.7 Å². The van der Waals surface area contributed by atoms with Crippen molar-refractivity contribution >= 4 is 30.7 Å². The highest BCUT2D eigenvalue weighted by molar-refractivity contribution is 5.85. The van der Waals surface area contributed by atoms with Crippen molar-refractivity contribution in [2.45, 2.75) is 31.5 Å². The Bertz CT molecular complexity index is 535. The van der Waals surface area contributed by atoms with Crippen molar-refractivity contribution in [2.24, 2.45) is 11.8 Å². The van der Waals surface area contributed by atoms with Crippen molar-refractivity contribution in [1.29, 1.82) is 0 Å². The Hall–Kier alpha value is -0.920. The summed E-state index contributed by atoms with van der Waals surface area (Å²) in [4.78, 5) is 18.3. The van der Waals surface area contributed by atoms with E-state index in [0.29, 0.717) is 24.9 Å². The Morgan fingerprint density at radius 2 is 2.08 bits per heavy atom. The molecule has 3 N–H and O–H groups in total. The Kier molecular flexibility index (Phi) is 9.10. The summed E-state index contributed by atoms with van der Waals surface area (Å²) in [7, 11) is 1.92. The number of aromatic nitrogens is 1. The van der Waals surface area contributed by atoms with Crippen LogP contribution in [0.3, 0.4) is 0 Å². The number of nitrogens with zero attached hydrogens (tertiary/aromatic N) is 2. The summed E-state index contributed by atoms with van der Waals surface area (Å²) in [5.74, 6) is 1.12. The molecule has 4 atom stereocenters. The van der Waals surface area contributed by atoms with Crippen LogP contribution in [0, 0.1) is 11.8 Å². The van der Waals surface area contributed by atoms with Gasteiger partial charge in [0.25, 0.3) is 0 Å². The molecule has 2 aliphatic rings. The number of fused-ring (bicyclic) bond motifs is 1. The number of nitrogens with one attached hydrogen (secondary N) is 2. The topological polar surface area (TPSA) is 77.5 Å². The van der Waals surface area contributed by atoms with Gasteiger partial charge in [-0.3, -0.25) is 14.7 Å². The Morgan fingerprint density at radius 1 is 1.36 bits per heavy atom. The number of pyridine rings is 1. The van der Waals surface area contributed by atoms with Crippen LogP contribution in [0.25, 0.3) is 0 Å². The molecule has 8 heteroatoms. The van der Waals surface area contributed by atoms with Crippen molar-refractivity contribution in [3.05, 3.63) is 30.1 Å². The molecule has 6 nitrogen and oxygen atoms in total. The maximum absolute atomic E-state index is 12.3. The summed E-state index contributed by atoms with van der Waals surface area (Å²) in [6.45, 7) is 3.01. The second-order valence-electron chi connectivity index (χ2n) is 6.92. The molecule has 142 valence electrons. The Balaban J connectivity index is 0.00000156. The SMILES string of the molecule is CN(CC(=O)N[C@H]1C[C@H]2CNC[C@H]2C[C@@H]1O)Cc1cccnc1.Cl.Cl. The summed E-state index contributed by atoms with van der Waals surface area (Å²) < 4.78 is 0. The van der Waals surface area contributed by atoms with Crippen LogP contribution in [0.4, 0.5) is 0 Å². The van der Waals surface area contributed by atoms with Gasteiger partial charge >= 0.3 is 0 Å². The van der Waals surface area contributed by atoms with E-state index in [9.17, 15) is 9.90 Å². The lowest BCUT2D eigenvalue weighted by molar-refractivity contribution is -0.124. The molecule has 1 aliphatic carbocycles. The van der Waals surface area contributed by atoms with Crippen LogP contribution in [0.5, 0.6) is 0 Å². The van der Waals surface area contributed by atoms with Crippen molar-refractivity contribution in [1.82, 2.24) is 20.5 Å². The zero-order valence-electron chi connectivity index (χ0n) is 14.4. The number of aliphatic hydroxyl groups is 1. The molecule has 0 spiro atoms. The van der Waals surface area contributed by atoms with Crippen LogP contribution >= 0.6 is 24.8 Å². The maximum atomic E-state index is 12.3. The number of carbonyl (C=O) groups excluding carboxylic acids is 1. The lowest BCUT2D eigenvalue weighted by Gasteiger charge is -2.36. The second-order valence-corrected chi connectivity index (χ2v) is 6.92. The van der Waals surface area contributed by atoms with Gasteiger partial charge in [0.15, 0.2) is 0 Å². The van der Waals surface area contributed by atoms with Gasteiger partial charge in [0.1, 0.15) is 0 Å². The van der Waals surface area contributed by atoms with E-state index in [4.69, 9.17) is 0 Å². The van der Waals surface area contributed by atoms with E-state index in [1.54, 1.807) is 6.20 Å². The zero-order valence-corrected chi connectivity index (χ0v) is 16.1. The molecule has 1 saturated carbocycles. The first-order valence-corrected chi connectivity index (χ1v) is 8.37. The highest BCUT2D eigenvalue weighted by Gasteiger charge is 2.39. The number of aliphatic hydroxyl groups excluding tert-OH is 1. The number of amides is 1. The van der Waals surface area contributed by atoms with Gasteiger partial charge in [0, 0.05) is 18.9 Å². The predicted octanol–water partition coefficient (Wildman–Crippen LogP) is 0.832. The van der Waals surface area contributed by atoms with Gasteiger partial charge < -0.3 is 15.7 Å². The van der Waals surface area contributed by atoms with E-state index in [1.807, 2.05) is 30.3 Å². The van der Waals surface area contributed by atoms with Crippen LogP contribution in [-0.2, 0) is 11.3 Å². The molecule has 0 unspecified atom stereocenters. The van der Waals surface area contributed by atoms with Gasteiger partial charge in [0.05, 0.1) is 18.7 Å². The average molecular weight is 391 g/mol. The number of halogens is 2. The van der Waals surface area contributed by atoms with Gasteiger partial charge in [0.2, 0.25) is 5.91 Å². The molecule has 1 saturated heterocycles. The van der Waals surface area contributed by atoms with E-state index >= 15 is 0 Å². The molecule has 1 amide bonds. The predicted molar refractivity (Wildman–Crippen MR) is 102 cm³/mol. The number of rotatable bonds is 5. The van der Waals surface area contributed by atoms with Crippen molar-refractivity contribution in [3.8, 4) is 0 Å². The zero-order chi connectivity index (χ0) is 16.2. The van der Waals surface area contributed by atoms with Crippen LogP contribution < -0.4 is 10.6 Å². The van der Waals surface area contributed by atoms with Crippen LogP contribution in [-0.4, -0.2) is 59.7 Å². The molecule has 2 fully saturated rings. The van der Waals surface area contributed by atoms with E-state index in [2.05, 4.69) is 15.6 Å². The van der Waals surface area contributed by atoms with E-state index in [1.165, 1.54) is 0 Å². The third-order valence-electron chi connectivity index (χ3n) is 4.98. The fourth-order valence-electron chi connectivity index (χ4n) is 3.81. The van der Waals surface area contributed by atoms with Crippen molar-refractivity contribution < 1.29 is 9.90 Å². The molecular weight excluding hydrogens is 363 g/mol. The van der Waals surface area contributed by atoms with Crippen LogP contribution in [0.15, 0.2) is 24.5 Å². The lowest BCUT2D eigenvalue weighted by atomic mass is 9.77. The van der Waals surface area contributed by atoms with E-state index < -0.39 is 6.10 Å². The first-order valence-electron chi connectivity index (χ1n) is 8.37. The first kappa shape index (κ1) is 22.1. The second kappa shape index (κ2) is 10.3. The van der Waals surface area contributed by atoms with Gasteiger partial charge in [-0.2, -0.15) is 0 Å². The standard InChI is InChI=1S/C17H26N4O2.2ClH/c1-21(10-12-3-2-4-18-7-12)11-17(23)20-15-5-13-8-19-9-14(13)6-16(15)22;;/h2-4,7,13-16,19,22H,5-6,8-11H2,1H3,(H,20,23);2*1H/t13-,14+,15-,16-;;/m0../s1. The summed E-state index contributed by atoms with van der Waals surface area (Å²) in [6, 6.07) is 3.78. The first-order chi connectivity index (χ1) is 11.1. The van der Waals surface area contributed by atoms with E-state index in [0.717, 1.165) is 31.5 Å². The van der Waals surface area contributed by atoms with Gasteiger partial charge in [-0.15, -0.1) is 24.8 Å². The van der Waals surface area contributed by atoms with E-state index in [-0.39, 0.29) is 36.8 Å². The Labute approximate surface area is 161 Å². The number of likely N-dealkylation sites (N-methyl/N-ethyl adjacent to an activating group) is 1. The van der Waals surface area contributed by atoms with Crippen LogP contribution in [0.2, 0.25) is 0 Å². The van der Waals surface area contributed by atoms with Crippen LogP contribution in [0.1, 0.15) is 18.4 Å². The molecule has 1 aromatic heterocycles. The molecule has 3 rings (SSSR count). The molecule has 2 heterocycles. The summed E-state index contributed by atoms with van der Waals surface area (Å²) in [5.41, 5.74) is 1.08. The molecular formula is C17H28Cl2N4O2. The normalized spacial score (nSPS) is 27.8. The molecule has 1 aliphatic heterocycles. The maximum Gasteiger partial charge on any atom is 0.234 e. The lowest BCUT2D eigenvalue weighted by Crippen LogP contribution is -2.51. The van der Waals surface area contributed by atoms with Crippen molar-refractivity contribution in [3.63, 3.8) is 0 Å². The fourth-order valence-corrected chi connectivity index (χ4v) is 3.81. The van der Waals surface area contributed by atoms with Gasteiger partial charge in [-0.05, 0) is 56.4 Å². The largest absolute Gasteiger partial charge is 0.391 e. The molecule has 0 radical (unpaired) electrons. The quantitative estimate of drug-likeness (QED) is 0.693. The smallest absolute Gasteiger partial charge is 0.234 e. The minimum Gasteiger partial charge on any atom is -0.391 e. The third-order valence-corrected chi connectivity index (χ3v) is 4.98. The monoisotopic (exact) mass is 390 g/mol. The third kappa shape index (κ3) is 6.08. The number of carbonyl (C=O) groups is 1. The minimum atomic E-state index is -0.427. The Morgan fingerprint density at radius 3 is 2.76 bits per heavy atom. The number of hydrogen-bond acceptors (Lipinski definition) is 5. The molecule has 0 bridgehead atoms. The summed E-state index contributed by atoms with van der Waals surface area (Å²) >= 11 is 0. The molecule has 0 aromatic carbocycles. The fraction of sp³-hybridized carbons (Fsp3) is 0.647. The highest BCUT2D eigenvalue weighted by Crippen LogP contribution is 2.32. The number of hydrogen-bond donors (Lipinski definition) is 3. The molecule has 1 aromatic rings. The minimum absolute atomic E-state index is 0. The summed E-state index contributed by atoms with van der Waals surface area (Å²) in [5, 5.41) is 16.7.